The van der Waals surface area contributed by atoms with E-state index in [9.17, 15) is 39.5 Å². The van der Waals surface area contributed by atoms with E-state index in [0.717, 1.165) is 12.6 Å². The van der Waals surface area contributed by atoms with Gasteiger partial charge in [0, 0.05) is 25.0 Å². The number of hydrogen-bond acceptors (Lipinski definition) is 6. The molecule has 4 rings (SSSR count). The molecule has 18 heteroatoms. The molecule has 0 unspecified atom stereocenters. The number of likely N-dealkylation sites (tertiary alicyclic amines) is 2. The van der Waals surface area contributed by atoms with Gasteiger partial charge in [-0.25, -0.2) is 14.4 Å². The van der Waals surface area contributed by atoms with Gasteiger partial charge in [0.1, 0.15) is 0 Å². The highest BCUT2D eigenvalue weighted by Crippen LogP contribution is 2.51. The Bertz CT molecular complexity index is 941. The van der Waals surface area contributed by atoms with E-state index in [2.05, 4.69) is 20.9 Å². The average Bonchev–Trinajstić information content (AvgIpc) is 3.38. The normalized spacial score (nSPS) is 19.2. The standard InChI is InChI=1S/C18H27N3.3C2HF3O2/c1-2-9-21(8-1)17-12-18(13-17)5-10-20(11-6-18)15-16-4-3-7-19-14-16;3*3-2(4,5)1(6)7/h3-4,7,14,17H,1-2,5-6,8-13,15H2;3*(H,6,7). The molecule has 3 heterocycles. The largest absolute Gasteiger partial charge is 0.490 e. The van der Waals surface area contributed by atoms with Crippen molar-refractivity contribution in [1.29, 1.82) is 0 Å². The first-order chi connectivity index (χ1) is 19.2. The Balaban J connectivity index is 0.000000348. The number of carboxylic acid groups (broad SMARTS) is 3. The lowest BCUT2D eigenvalue weighted by Crippen LogP contribution is -2.54. The zero-order chi connectivity index (χ0) is 32.4. The van der Waals surface area contributed by atoms with Gasteiger partial charge in [-0.3, -0.25) is 9.88 Å². The number of carboxylic acids is 3. The molecule has 0 aromatic carbocycles. The van der Waals surface area contributed by atoms with Crippen LogP contribution in [-0.2, 0) is 20.9 Å². The molecular formula is C24H30F9N3O6. The van der Waals surface area contributed by atoms with Crippen LogP contribution in [0.4, 0.5) is 39.5 Å². The molecule has 1 aromatic heterocycles. The third-order valence-corrected chi connectivity index (χ3v) is 6.77. The second-order valence-electron chi connectivity index (χ2n) is 9.85. The fourth-order valence-electron chi connectivity index (χ4n) is 4.65. The van der Waals surface area contributed by atoms with E-state index in [0.29, 0.717) is 5.41 Å². The predicted octanol–water partition coefficient (Wildman–Crippen LogP) is 4.82. The topological polar surface area (TPSA) is 131 Å². The van der Waals surface area contributed by atoms with Gasteiger partial charge in [-0.05, 0) is 81.7 Å². The van der Waals surface area contributed by atoms with Crippen LogP contribution >= 0.6 is 0 Å². The highest BCUT2D eigenvalue weighted by atomic mass is 19.4. The Morgan fingerprint density at radius 2 is 1.19 bits per heavy atom. The fourth-order valence-corrected chi connectivity index (χ4v) is 4.65. The molecule has 3 N–H and O–H groups in total. The first-order valence-electron chi connectivity index (χ1n) is 12.4. The van der Waals surface area contributed by atoms with Crippen LogP contribution in [0.15, 0.2) is 24.5 Å². The molecule has 0 bridgehead atoms. The van der Waals surface area contributed by atoms with Crippen molar-refractivity contribution in [3.8, 4) is 0 Å². The van der Waals surface area contributed by atoms with Gasteiger partial charge in [0.15, 0.2) is 0 Å². The van der Waals surface area contributed by atoms with Gasteiger partial charge >= 0.3 is 36.4 Å². The van der Waals surface area contributed by atoms with Crippen molar-refractivity contribution < 1.29 is 69.2 Å². The van der Waals surface area contributed by atoms with Crippen molar-refractivity contribution in [2.45, 2.75) is 69.6 Å². The molecule has 9 nitrogen and oxygen atoms in total. The summed E-state index contributed by atoms with van der Waals surface area (Å²) in [6, 6.07) is 5.18. The number of halogens is 9. The number of aliphatic carboxylic acids is 3. The minimum Gasteiger partial charge on any atom is -0.475 e. The molecule has 3 fully saturated rings. The lowest BCUT2D eigenvalue weighted by molar-refractivity contribution is -0.193. The Morgan fingerprint density at radius 1 is 0.786 bits per heavy atom. The maximum Gasteiger partial charge on any atom is 0.490 e. The molecule has 1 aromatic rings. The van der Waals surface area contributed by atoms with Crippen LogP contribution in [0.2, 0.25) is 0 Å². The molecule has 0 radical (unpaired) electrons. The predicted molar refractivity (Wildman–Crippen MR) is 126 cm³/mol. The van der Waals surface area contributed by atoms with Gasteiger partial charge in [-0.2, -0.15) is 39.5 Å². The monoisotopic (exact) mass is 627 g/mol. The zero-order valence-corrected chi connectivity index (χ0v) is 22.0. The Hall–Kier alpha value is -3.15. The minimum atomic E-state index is -5.08. The summed E-state index contributed by atoms with van der Waals surface area (Å²) in [4.78, 5) is 36.3. The van der Waals surface area contributed by atoms with Crippen molar-refractivity contribution in [2.24, 2.45) is 5.41 Å². The van der Waals surface area contributed by atoms with Gasteiger partial charge < -0.3 is 20.2 Å². The smallest absolute Gasteiger partial charge is 0.475 e. The average molecular weight is 628 g/mol. The summed E-state index contributed by atoms with van der Waals surface area (Å²) in [6.45, 7) is 6.38. The van der Waals surface area contributed by atoms with E-state index in [4.69, 9.17) is 29.7 Å². The number of rotatable bonds is 3. The number of piperidine rings is 1. The quantitative estimate of drug-likeness (QED) is 0.404. The van der Waals surface area contributed by atoms with Crippen LogP contribution in [0.3, 0.4) is 0 Å². The molecular weight excluding hydrogens is 597 g/mol. The molecule has 2 aliphatic heterocycles. The van der Waals surface area contributed by atoms with Gasteiger partial charge in [0.05, 0.1) is 0 Å². The SMILES string of the molecule is O=C(O)C(F)(F)F.O=C(O)C(F)(F)F.O=C(O)C(F)(F)F.c1cncc(CN2CCC3(CC2)CC(N2CCCC2)C3)c1. The van der Waals surface area contributed by atoms with E-state index in [1.54, 1.807) is 0 Å². The van der Waals surface area contributed by atoms with Gasteiger partial charge in [0.2, 0.25) is 0 Å². The molecule has 0 amide bonds. The number of aromatic nitrogens is 1. The van der Waals surface area contributed by atoms with Crippen molar-refractivity contribution in [2.75, 3.05) is 26.2 Å². The molecule has 42 heavy (non-hydrogen) atoms. The summed E-state index contributed by atoms with van der Waals surface area (Å²) in [6.07, 6.45) is -2.72. The number of hydrogen-bond donors (Lipinski definition) is 3. The van der Waals surface area contributed by atoms with Crippen molar-refractivity contribution in [1.82, 2.24) is 14.8 Å². The van der Waals surface area contributed by atoms with Crippen LogP contribution in [0.25, 0.3) is 0 Å². The minimum absolute atomic E-state index is 0.707. The molecule has 240 valence electrons. The first kappa shape index (κ1) is 36.9. The van der Waals surface area contributed by atoms with E-state index in [-0.39, 0.29) is 0 Å². The summed E-state index contributed by atoms with van der Waals surface area (Å²) < 4.78 is 95.2. The third-order valence-electron chi connectivity index (χ3n) is 6.77. The third kappa shape index (κ3) is 13.2. The van der Waals surface area contributed by atoms with Crippen LogP contribution in [-0.4, -0.2) is 98.8 Å². The van der Waals surface area contributed by atoms with Crippen LogP contribution in [0.5, 0.6) is 0 Å². The maximum absolute atomic E-state index is 10.6. The number of nitrogens with zero attached hydrogens (tertiary/aromatic N) is 3. The number of carbonyl (C=O) groups is 3. The highest BCUT2D eigenvalue weighted by Gasteiger charge is 2.48. The van der Waals surface area contributed by atoms with Crippen LogP contribution < -0.4 is 0 Å². The molecule has 3 aliphatic rings. The van der Waals surface area contributed by atoms with Gasteiger partial charge in [0.25, 0.3) is 0 Å². The van der Waals surface area contributed by atoms with Gasteiger partial charge in [-0.1, -0.05) is 6.07 Å². The zero-order valence-electron chi connectivity index (χ0n) is 22.0. The molecule has 2 saturated heterocycles. The maximum atomic E-state index is 10.6. The van der Waals surface area contributed by atoms with Crippen molar-refractivity contribution in [3.63, 3.8) is 0 Å². The van der Waals surface area contributed by atoms with E-state index >= 15 is 0 Å². The van der Waals surface area contributed by atoms with Crippen LogP contribution in [0, 0.1) is 5.41 Å². The van der Waals surface area contributed by atoms with Crippen LogP contribution in [0.1, 0.15) is 44.1 Å². The lowest BCUT2D eigenvalue weighted by Gasteiger charge is -2.54. The molecule has 1 saturated carbocycles. The summed E-state index contributed by atoms with van der Waals surface area (Å²) >= 11 is 0. The number of alkyl halides is 9. The Kier molecular flexibility index (Phi) is 13.5. The summed E-state index contributed by atoms with van der Waals surface area (Å²) in [5.41, 5.74) is 2.07. The molecule has 1 aliphatic carbocycles. The van der Waals surface area contributed by atoms with Crippen molar-refractivity contribution in [3.05, 3.63) is 30.1 Å². The molecule has 0 atom stereocenters. The number of pyridine rings is 1. The highest BCUT2D eigenvalue weighted by molar-refractivity contribution is 5.73. The van der Waals surface area contributed by atoms with Crippen molar-refractivity contribution >= 4 is 17.9 Å². The second kappa shape index (κ2) is 15.4. The fraction of sp³-hybridized carbons (Fsp3) is 0.667. The first-order valence-corrected chi connectivity index (χ1v) is 12.4. The van der Waals surface area contributed by atoms with E-state index < -0.39 is 36.4 Å². The molecule has 1 spiro atoms. The Morgan fingerprint density at radius 3 is 1.52 bits per heavy atom. The summed E-state index contributed by atoms with van der Waals surface area (Å²) in [5, 5.41) is 21.4. The van der Waals surface area contributed by atoms with Gasteiger partial charge in [-0.15, -0.1) is 0 Å². The summed E-state index contributed by atoms with van der Waals surface area (Å²) in [5.74, 6) is -8.27. The Labute approximate surface area is 233 Å². The lowest BCUT2D eigenvalue weighted by atomic mass is 9.60. The van der Waals surface area contributed by atoms with E-state index in [1.807, 2.05) is 18.5 Å². The second-order valence-corrected chi connectivity index (χ2v) is 9.85. The van der Waals surface area contributed by atoms with E-state index in [1.165, 1.54) is 70.3 Å². The summed E-state index contributed by atoms with van der Waals surface area (Å²) in [7, 11) is 0.